The molecule has 1 aromatic heterocycles. The van der Waals surface area contributed by atoms with Gasteiger partial charge in [-0.1, -0.05) is 72.3 Å². The molecule has 0 spiro atoms. The summed E-state index contributed by atoms with van der Waals surface area (Å²) in [4.78, 5) is 16.9. The van der Waals surface area contributed by atoms with Crippen molar-refractivity contribution in [2.24, 2.45) is 0 Å². The lowest BCUT2D eigenvalue weighted by Gasteiger charge is -2.15. The van der Waals surface area contributed by atoms with Crippen LogP contribution in [0.1, 0.15) is 0 Å². The van der Waals surface area contributed by atoms with E-state index in [0.717, 1.165) is 11.1 Å². The fourth-order valence-electron chi connectivity index (χ4n) is 3.10. The second kappa shape index (κ2) is 9.55. The third-order valence-corrected chi connectivity index (χ3v) is 4.86. The maximum Gasteiger partial charge on any atom is 0.364 e. The van der Waals surface area contributed by atoms with Crippen LogP contribution in [-0.2, 0) is 6.54 Å². The SMILES string of the molecule is O=c1nc(-c2ccccc2)c(-c2ccccc2)nn1CC(O)COc1ccc(Cl)cc1. The molecule has 156 valence electrons. The molecule has 7 heteroatoms. The summed E-state index contributed by atoms with van der Waals surface area (Å²) in [5.74, 6) is 0.575. The van der Waals surface area contributed by atoms with Gasteiger partial charge < -0.3 is 9.84 Å². The number of halogens is 1. The van der Waals surface area contributed by atoms with Crippen molar-refractivity contribution < 1.29 is 9.84 Å². The Labute approximate surface area is 184 Å². The van der Waals surface area contributed by atoms with Crippen LogP contribution in [-0.4, -0.2) is 32.6 Å². The molecule has 4 rings (SSSR count). The molecule has 1 heterocycles. The first-order chi connectivity index (χ1) is 15.1. The highest BCUT2D eigenvalue weighted by molar-refractivity contribution is 6.30. The van der Waals surface area contributed by atoms with Crippen molar-refractivity contribution in [3.8, 4) is 28.3 Å². The van der Waals surface area contributed by atoms with E-state index in [2.05, 4.69) is 10.1 Å². The van der Waals surface area contributed by atoms with Crippen molar-refractivity contribution in [1.29, 1.82) is 0 Å². The van der Waals surface area contributed by atoms with Gasteiger partial charge in [-0.3, -0.25) is 0 Å². The number of aliphatic hydroxyl groups excluding tert-OH is 1. The molecule has 1 unspecified atom stereocenters. The number of ether oxygens (including phenoxy) is 1. The average molecular weight is 434 g/mol. The van der Waals surface area contributed by atoms with Gasteiger partial charge in [0.15, 0.2) is 0 Å². The van der Waals surface area contributed by atoms with Gasteiger partial charge in [0.1, 0.15) is 29.8 Å². The number of aliphatic hydroxyl groups is 1. The van der Waals surface area contributed by atoms with Crippen molar-refractivity contribution in [2.75, 3.05) is 6.61 Å². The van der Waals surface area contributed by atoms with Gasteiger partial charge in [0.25, 0.3) is 0 Å². The maximum atomic E-state index is 12.7. The van der Waals surface area contributed by atoms with Crippen LogP contribution in [0, 0.1) is 0 Å². The zero-order valence-electron chi connectivity index (χ0n) is 16.6. The quantitative estimate of drug-likeness (QED) is 0.475. The molecular weight excluding hydrogens is 414 g/mol. The molecule has 0 amide bonds. The summed E-state index contributed by atoms with van der Waals surface area (Å²) in [5.41, 5.74) is 2.15. The van der Waals surface area contributed by atoms with Crippen LogP contribution < -0.4 is 10.4 Å². The van der Waals surface area contributed by atoms with E-state index in [0.29, 0.717) is 22.2 Å². The molecule has 0 saturated heterocycles. The number of nitrogens with zero attached hydrogens (tertiary/aromatic N) is 3. The Kier molecular flexibility index (Phi) is 6.40. The Balaban J connectivity index is 1.61. The molecule has 0 saturated carbocycles. The molecule has 0 aliphatic carbocycles. The highest BCUT2D eigenvalue weighted by atomic mass is 35.5. The van der Waals surface area contributed by atoms with Gasteiger partial charge in [-0.05, 0) is 24.3 Å². The lowest BCUT2D eigenvalue weighted by molar-refractivity contribution is 0.0876. The van der Waals surface area contributed by atoms with Gasteiger partial charge >= 0.3 is 5.69 Å². The highest BCUT2D eigenvalue weighted by Gasteiger charge is 2.16. The lowest BCUT2D eigenvalue weighted by Crippen LogP contribution is -2.34. The van der Waals surface area contributed by atoms with Gasteiger partial charge in [0.2, 0.25) is 0 Å². The number of benzene rings is 3. The Bertz CT molecular complexity index is 1200. The minimum Gasteiger partial charge on any atom is -0.491 e. The van der Waals surface area contributed by atoms with Crippen molar-refractivity contribution in [1.82, 2.24) is 14.8 Å². The molecule has 0 fully saturated rings. The lowest BCUT2D eigenvalue weighted by atomic mass is 10.0. The fraction of sp³-hybridized carbons (Fsp3) is 0.125. The summed E-state index contributed by atoms with van der Waals surface area (Å²) >= 11 is 5.86. The van der Waals surface area contributed by atoms with Crippen LogP contribution in [0.2, 0.25) is 5.02 Å². The molecule has 0 radical (unpaired) electrons. The summed E-state index contributed by atoms with van der Waals surface area (Å²) in [5, 5.41) is 15.5. The summed E-state index contributed by atoms with van der Waals surface area (Å²) in [6.45, 7) is -0.0504. The Hall–Kier alpha value is -3.48. The van der Waals surface area contributed by atoms with E-state index in [4.69, 9.17) is 16.3 Å². The maximum absolute atomic E-state index is 12.7. The number of aromatic nitrogens is 3. The van der Waals surface area contributed by atoms with Gasteiger partial charge in [0.05, 0.1) is 6.54 Å². The van der Waals surface area contributed by atoms with Gasteiger partial charge in [-0.2, -0.15) is 10.1 Å². The molecule has 6 nitrogen and oxygen atoms in total. The average Bonchev–Trinajstić information content (AvgIpc) is 2.81. The number of hydrogen-bond donors (Lipinski definition) is 1. The molecule has 31 heavy (non-hydrogen) atoms. The Morgan fingerprint density at radius 2 is 1.45 bits per heavy atom. The Morgan fingerprint density at radius 1 is 0.871 bits per heavy atom. The van der Waals surface area contributed by atoms with E-state index in [1.165, 1.54) is 4.68 Å². The van der Waals surface area contributed by atoms with Crippen molar-refractivity contribution in [3.05, 3.63) is 100 Å². The minimum atomic E-state index is -0.950. The van der Waals surface area contributed by atoms with Crippen LogP contribution in [0.25, 0.3) is 22.5 Å². The van der Waals surface area contributed by atoms with Gasteiger partial charge in [-0.15, -0.1) is 0 Å². The zero-order valence-corrected chi connectivity index (χ0v) is 17.3. The smallest absolute Gasteiger partial charge is 0.364 e. The first-order valence-corrected chi connectivity index (χ1v) is 10.1. The molecule has 0 aliphatic heterocycles. The predicted octanol–water partition coefficient (Wildman–Crippen LogP) is 4.07. The molecule has 0 aliphatic rings. The first-order valence-electron chi connectivity index (χ1n) is 9.76. The molecule has 1 atom stereocenters. The van der Waals surface area contributed by atoms with Crippen molar-refractivity contribution in [3.63, 3.8) is 0 Å². The molecule has 1 N–H and O–H groups in total. The molecule has 0 bridgehead atoms. The van der Waals surface area contributed by atoms with Crippen molar-refractivity contribution in [2.45, 2.75) is 12.6 Å². The highest BCUT2D eigenvalue weighted by Crippen LogP contribution is 2.27. The number of hydrogen-bond acceptors (Lipinski definition) is 5. The topological polar surface area (TPSA) is 77.2 Å². The molecular formula is C24H20ClN3O3. The van der Waals surface area contributed by atoms with E-state index < -0.39 is 11.8 Å². The van der Waals surface area contributed by atoms with Gasteiger partial charge in [0, 0.05) is 16.1 Å². The number of rotatable bonds is 7. The second-order valence-electron chi connectivity index (χ2n) is 6.92. The fourth-order valence-corrected chi connectivity index (χ4v) is 3.23. The van der Waals surface area contributed by atoms with Crippen LogP contribution in [0.3, 0.4) is 0 Å². The Morgan fingerprint density at radius 3 is 2.06 bits per heavy atom. The summed E-state index contributed by atoms with van der Waals surface area (Å²) in [6, 6.07) is 25.8. The zero-order chi connectivity index (χ0) is 21.6. The van der Waals surface area contributed by atoms with Crippen LogP contribution in [0.5, 0.6) is 5.75 Å². The van der Waals surface area contributed by atoms with Gasteiger partial charge in [-0.25, -0.2) is 9.48 Å². The van der Waals surface area contributed by atoms with Crippen LogP contribution >= 0.6 is 11.6 Å². The van der Waals surface area contributed by atoms with Crippen LogP contribution in [0.15, 0.2) is 89.7 Å². The summed E-state index contributed by atoms with van der Waals surface area (Å²) in [7, 11) is 0. The van der Waals surface area contributed by atoms with E-state index in [1.807, 2.05) is 60.7 Å². The van der Waals surface area contributed by atoms with E-state index in [1.54, 1.807) is 24.3 Å². The predicted molar refractivity (Wildman–Crippen MR) is 120 cm³/mol. The normalized spacial score (nSPS) is 11.8. The van der Waals surface area contributed by atoms with E-state index >= 15 is 0 Å². The standard InChI is InChI=1S/C24H20ClN3O3/c25-19-11-13-21(14-12-19)31-16-20(29)15-28-24(30)26-22(17-7-3-1-4-8-17)23(27-28)18-9-5-2-6-10-18/h1-14,20,29H,15-16H2. The largest absolute Gasteiger partial charge is 0.491 e. The van der Waals surface area contributed by atoms with E-state index in [-0.39, 0.29) is 13.2 Å². The van der Waals surface area contributed by atoms with Crippen molar-refractivity contribution >= 4 is 11.6 Å². The summed E-state index contributed by atoms with van der Waals surface area (Å²) < 4.78 is 6.74. The third kappa shape index (κ3) is 5.17. The van der Waals surface area contributed by atoms with Crippen LogP contribution in [0.4, 0.5) is 0 Å². The second-order valence-corrected chi connectivity index (χ2v) is 7.36. The van der Waals surface area contributed by atoms with E-state index in [9.17, 15) is 9.90 Å². The first kappa shape index (κ1) is 20.8. The minimum absolute atomic E-state index is 0.00312. The molecule has 3 aromatic carbocycles. The molecule has 4 aromatic rings. The summed E-state index contributed by atoms with van der Waals surface area (Å²) in [6.07, 6.45) is -0.950. The monoisotopic (exact) mass is 433 g/mol. The third-order valence-electron chi connectivity index (χ3n) is 4.61.